The molecule has 0 spiro atoms. The predicted octanol–water partition coefficient (Wildman–Crippen LogP) is 1.86. The highest BCUT2D eigenvalue weighted by atomic mass is 35.5. The summed E-state index contributed by atoms with van der Waals surface area (Å²) < 4.78 is 0. The van der Waals surface area contributed by atoms with Gasteiger partial charge in [0.05, 0.1) is 6.10 Å². The van der Waals surface area contributed by atoms with Gasteiger partial charge in [-0.15, -0.1) is 0 Å². The summed E-state index contributed by atoms with van der Waals surface area (Å²) in [5, 5.41) is 21.6. The van der Waals surface area contributed by atoms with E-state index in [1.54, 1.807) is 0 Å². The van der Waals surface area contributed by atoms with Crippen LogP contribution in [0, 0.1) is 5.92 Å². The molecule has 0 aliphatic rings. The molecular formula is C11H15ClN2O3. The zero-order chi connectivity index (χ0) is 13.0. The number of nitrogens with one attached hydrogen (secondary N) is 1. The Kier molecular flexibility index (Phi) is 4.72. The molecule has 5 nitrogen and oxygen atoms in total. The summed E-state index contributed by atoms with van der Waals surface area (Å²) in [4.78, 5) is 14.8. The van der Waals surface area contributed by atoms with Gasteiger partial charge in [-0.25, -0.2) is 9.78 Å². The largest absolute Gasteiger partial charge is 0.478 e. The van der Waals surface area contributed by atoms with Gasteiger partial charge in [-0.3, -0.25) is 0 Å². The number of halogens is 1. The number of aliphatic hydroxyl groups excluding tert-OH is 1. The van der Waals surface area contributed by atoms with Crippen molar-refractivity contribution in [3.63, 3.8) is 0 Å². The lowest BCUT2D eigenvalue weighted by Crippen LogP contribution is -2.25. The number of aromatic nitrogens is 1. The lowest BCUT2D eigenvalue weighted by Gasteiger charge is -2.16. The Bertz CT molecular complexity index is 410. The monoisotopic (exact) mass is 258 g/mol. The first kappa shape index (κ1) is 13.7. The van der Waals surface area contributed by atoms with E-state index in [1.165, 1.54) is 12.1 Å². The van der Waals surface area contributed by atoms with Gasteiger partial charge in [0, 0.05) is 6.54 Å². The zero-order valence-corrected chi connectivity index (χ0v) is 10.4. The molecule has 0 fully saturated rings. The molecule has 0 saturated carbocycles. The molecule has 0 aromatic carbocycles. The van der Waals surface area contributed by atoms with Gasteiger partial charge in [0.25, 0.3) is 0 Å². The van der Waals surface area contributed by atoms with Crippen molar-refractivity contribution in [2.24, 2.45) is 5.92 Å². The second kappa shape index (κ2) is 5.84. The fourth-order valence-corrected chi connectivity index (χ4v) is 1.33. The first-order chi connectivity index (χ1) is 7.91. The second-order valence-corrected chi connectivity index (χ2v) is 4.41. The maximum Gasteiger partial charge on any atom is 0.339 e. The van der Waals surface area contributed by atoms with E-state index in [0.29, 0.717) is 0 Å². The molecule has 94 valence electrons. The Hall–Kier alpha value is -1.33. The normalized spacial score (nSPS) is 12.5. The molecule has 6 heteroatoms. The van der Waals surface area contributed by atoms with Crippen LogP contribution in [0.5, 0.6) is 0 Å². The minimum atomic E-state index is -1.09. The summed E-state index contributed by atoms with van der Waals surface area (Å²) in [5.74, 6) is -0.838. The number of carboxylic acid groups (broad SMARTS) is 1. The van der Waals surface area contributed by atoms with Crippen LogP contribution >= 0.6 is 11.6 Å². The lowest BCUT2D eigenvalue weighted by molar-refractivity contribution is 0.0697. The molecule has 1 aromatic rings. The number of rotatable bonds is 5. The van der Waals surface area contributed by atoms with Crippen molar-refractivity contribution in [1.82, 2.24) is 4.98 Å². The Morgan fingerprint density at radius 2 is 2.18 bits per heavy atom. The van der Waals surface area contributed by atoms with Crippen molar-refractivity contribution in [1.29, 1.82) is 0 Å². The smallest absolute Gasteiger partial charge is 0.339 e. The topological polar surface area (TPSA) is 82.5 Å². The van der Waals surface area contributed by atoms with Gasteiger partial charge >= 0.3 is 5.97 Å². The van der Waals surface area contributed by atoms with E-state index >= 15 is 0 Å². The molecule has 0 aliphatic heterocycles. The van der Waals surface area contributed by atoms with Crippen molar-refractivity contribution < 1.29 is 15.0 Å². The first-order valence-electron chi connectivity index (χ1n) is 5.23. The van der Waals surface area contributed by atoms with Crippen molar-refractivity contribution >= 4 is 23.4 Å². The van der Waals surface area contributed by atoms with Gasteiger partial charge in [0.15, 0.2) is 0 Å². The van der Waals surface area contributed by atoms with Gasteiger partial charge in [-0.05, 0) is 18.1 Å². The van der Waals surface area contributed by atoms with Crippen molar-refractivity contribution in [2.45, 2.75) is 20.0 Å². The van der Waals surface area contributed by atoms with E-state index in [4.69, 9.17) is 16.7 Å². The SMILES string of the molecule is CC(C)C(O)CNc1nc(Cl)ccc1C(=O)O. The van der Waals surface area contributed by atoms with Crippen LogP contribution in [0.25, 0.3) is 0 Å². The molecule has 0 aliphatic carbocycles. The van der Waals surface area contributed by atoms with Gasteiger partial charge in [-0.1, -0.05) is 25.4 Å². The van der Waals surface area contributed by atoms with Gasteiger partial charge in [0.2, 0.25) is 0 Å². The van der Waals surface area contributed by atoms with Crippen LogP contribution in [0.4, 0.5) is 5.82 Å². The van der Waals surface area contributed by atoms with Crippen molar-refractivity contribution in [3.8, 4) is 0 Å². The van der Waals surface area contributed by atoms with Crippen LogP contribution in [0.1, 0.15) is 24.2 Å². The molecule has 0 amide bonds. The van der Waals surface area contributed by atoms with Crippen LogP contribution in [0.15, 0.2) is 12.1 Å². The highest BCUT2D eigenvalue weighted by Gasteiger charge is 2.14. The average molecular weight is 259 g/mol. The molecule has 1 aromatic heterocycles. The Morgan fingerprint density at radius 1 is 1.53 bits per heavy atom. The number of pyridine rings is 1. The molecule has 3 N–H and O–H groups in total. The molecule has 1 atom stereocenters. The molecule has 1 unspecified atom stereocenters. The summed E-state index contributed by atoms with van der Waals surface area (Å²) in [6, 6.07) is 2.79. The summed E-state index contributed by atoms with van der Waals surface area (Å²) in [7, 11) is 0. The number of aliphatic hydroxyl groups is 1. The van der Waals surface area contributed by atoms with Crippen molar-refractivity contribution in [2.75, 3.05) is 11.9 Å². The van der Waals surface area contributed by atoms with Crippen LogP contribution < -0.4 is 5.32 Å². The average Bonchev–Trinajstić information content (AvgIpc) is 2.25. The summed E-state index contributed by atoms with van der Waals surface area (Å²) in [6.07, 6.45) is -0.572. The zero-order valence-electron chi connectivity index (χ0n) is 9.64. The number of carboxylic acids is 1. The van der Waals surface area contributed by atoms with Crippen LogP contribution in [0.3, 0.4) is 0 Å². The molecule has 17 heavy (non-hydrogen) atoms. The first-order valence-corrected chi connectivity index (χ1v) is 5.61. The molecule has 1 rings (SSSR count). The maximum absolute atomic E-state index is 10.9. The van der Waals surface area contributed by atoms with E-state index in [-0.39, 0.29) is 29.0 Å². The second-order valence-electron chi connectivity index (χ2n) is 4.03. The Morgan fingerprint density at radius 3 is 2.71 bits per heavy atom. The quantitative estimate of drug-likeness (QED) is 0.703. The molecule has 0 bridgehead atoms. The summed E-state index contributed by atoms with van der Waals surface area (Å²) in [6.45, 7) is 3.97. The van der Waals surface area contributed by atoms with Gasteiger partial charge < -0.3 is 15.5 Å². The van der Waals surface area contributed by atoms with Gasteiger partial charge in [0.1, 0.15) is 16.5 Å². The number of nitrogens with zero attached hydrogens (tertiary/aromatic N) is 1. The standard InChI is InChI=1S/C11H15ClN2O3/c1-6(2)8(15)5-13-10-7(11(16)17)3-4-9(12)14-10/h3-4,6,8,15H,5H2,1-2H3,(H,13,14)(H,16,17). The third kappa shape index (κ3) is 3.87. The minimum Gasteiger partial charge on any atom is -0.478 e. The van der Waals surface area contributed by atoms with E-state index in [9.17, 15) is 9.90 Å². The van der Waals surface area contributed by atoms with Crippen LogP contribution in [-0.4, -0.2) is 33.8 Å². The number of aromatic carboxylic acids is 1. The van der Waals surface area contributed by atoms with E-state index < -0.39 is 12.1 Å². The number of hydrogen-bond acceptors (Lipinski definition) is 4. The highest BCUT2D eigenvalue weighted by Crippen LogP contribution is 2.17. The van der Waals surface area contributed by atoms with E-state index in [2.05, 4.69) is 10.3 Å². The van der Waals surface area contributed by atoms with E-state index in [1.807, 2.05) is 13.8 Å². The minimum absolute atomic E-state index is 0.0327. The fraction of sp³-hybridized carbons (Fsp3) is 0.455. The molecular weight excluding hydrogens is 244 g/mol. The predicted molar refractivity (Wildman–Crippen MR) is 65.5 cm³/mol. The number of anilines is 1. The summed E-state index contributed by atoms with van der Waals surface area (Å²) >= 11 is 5.69. The number of hydrogen-bond donors (Lipinski definition) is 3. The molecule has 0 saturated heterocycles. The Balaban J connectivity index is 2.82. The summed E-state index contributed by atoms with van der Waals surface area (Å²) in [5.41, 5.74) is 0.0327. The molecule has 1 heterocycles. The maximum atomic E-state index is 10.9. The molecule has 0 radical (unpaired) electrons. The van der Waals surface area contributed by atoms with Crippen LogP contribution in [-0.2, 0) is 0 Å². The highest BCUT2D eigenvalue weighted by molar-refractivity contribution is 6.29. The Labute approximate surface area is 104 Å². The lowest BCUT2D eigenvalue weighted by atomic mass is 10.1. The van der Waals surface area contributed by atoms with Gasteiger partial charge in [-0.2, -0.15) is 0 Å². The number of carbonyl (C=O) groups is 1. The third-order valence-corrected chi connectivity index (χ3v) is 2.55. The third-order valence-electron chi connectivity index (χ3n) is 2.34. The van der Waals surface area contributed by atoms with Crippen molar-refractivity contribution in [3.05, 3.63) is 22.8 Å². The van der Waals surface area contributed by atoms with E-state index in [0.717, 1.165) is 0 Å². The van der Waals surface area contributed by atoms with Crippen LogP contribution in [0.2, 0.25) is 5.15 Å². The fourth-order valence-electron chi connectivity index (χ4n) is 1.18.